The lowest BCUT2D eigenvalue weighted by atomic mass is 10.1. The van der Waals surface area contributed by atoms with Crippen molar-refractivity contribution >= 4 is 44.0 Å². The third-order valence-corrected chi connectivity index (χ3v) is 5.80. The number of nitrogens with zero attached hydrogens (tertiary/aromatic N) is 2. The fourth-order valence-corrected chi connectivity index (χ4v) is 4.37. The van der Waals surface area contributed by atoms with E-state index >= 15 is 0 Å². The zero-order valence-corrected chi connectivity index (χ0v) is 16.5. The van der Waals surface area contributed by atoms with E-state index in [0.29, 0.717) is 23.1 Å². The van der Waals surface area contributed by atoms with Crippen LogP contribution in [0, 0.1) is 0 Å². The second kappa shape index (κ2) is 6.64. The van der Waals surface area contributed by atoms with Gasteiger partial charge in [-0.2, -0.15) is 0 Å². The van der Waals surface area contributed by atoms with E-state index in [-0.39, 0.29) is 11.5 Å². The Kier molecular flexibility index (Phi) is 3.77. The van der Waals surface area contributed by atoms with E-state index in [2.05, 4.69) is 5.32 Å². The second-order valence-electron chi connectivity index (χ2n) is 7.62. The molecule has 3 heterocycles. The summed E-state index contributed by atoms with van der Waals surface area (Å²) in [6.45, 7) is 0.422. The Labute approximate surface area is 176 Å². The van der Waals surface area contributed by atoms with Crippen molar-refractivity contribution in [2.75, 3.05) is 0 Å². The van der Waals surface area contributed by atoms with E-state index in [1.165, 1.54) is 0 Å². The highest BCUT2D eigenvalue weighted by Crippen LogP contribution is 2.33. The number of amides is 1. The van der Waals surface area contributed by atoms with Crippen molar-refractivity contribution in [2.24, 2.45) is 0 Å². The van der Waals surface area contributed by atoms with Crippen molar-refractivity contribution < 1.29 is 4.79 Å². The summed E-state index contributed by atoms with van der Waals surface area (Å²) in [5.41, 5.74) is 3.52. The van der Waals surface area contributed by atoms with Crippen molar-refractivity contribution in [3.63, 3.8) is 0 Å². The van der Waals surface area contributed by atoms with Crippen LogP contribution in [0.5, 0.6) is 0 Å². The smallest absolute Gasteiger partial charge is 0.270 e. The van der Waals surface area contributed by atoms with Crippen LogP contribution in [-0.2, 0) is 6.54 Å². The molecular weight excluding hydrogens is 386 g/mol. The number of hydrogen-bond donors (Lipinski definition) is 1. The molecule has 0 spiro atoms. The molecule has 1 N–H and O–H groups in total. The van der Waals surface area contributed by atoms with Gasteiger partial charge in [-0.05, 0) is 23.8 Å². The van der Waals surface area contributed by atoms with Gasteiger partial charge in [-0.15, -0.1) is 0 Å². The molecule has 0 unspecified atom stereocenters. The topological polar surface area (TPSA) is 63.5 Å². The van der Waals surface area contributed by atoms with Gasteiger partial charge < -0.3 is 5.32 Å². The molecule has 148 valence electrons. The van der Waals surface area contributed by atoms with Gasteiger partial charge in [0.25, 0.3) is 11.5 Å². The molecule has 0 radical (unpaired) electrons. The average Bonchev–Trinajstić information content (AvgIpc) is 3.16. The Bertz CT molecular complexity index is 1670. The molecule has 6 rings (SSSR count). The molecule has 3 aromatic heterocycles. The summed E-state index contributed by atoms with van der Waals surface area (Å²) in [6.07, 6.45) is 0. The van der Waals surface area contributed by atoms with Gasteiger partial charge in [0, 0.05) is 28.1 Å². The number of para-hydroxylation sites is 1. The summed E-state index contributed by atoms with van der Waals surface area (Å²) >= 11 is 0. The SMILES string of the molecule is O=C(NCc1ccccc1)c1cc2c3ccccc3n3c(=O)c4ccccc4c(n1)c23. The number of carbonyl (C=O) groups is 1. The van der Waals surface area contributed by atoms with Gasteiger partial charge in [0.05, 0.1) is 16.6 Å². The normalized spacial score (nSPS) is 11.6. The maximum atomic E-state index is 13.3. The molecule has 5 nitrogen and oxygen atoms in total. The van der Waals surface area contributed by atoms with E-state index in [1.54, 1.807) is 10.5 Å². The minimum atomic E-state index is -0.242. The first-order valence-corrected chi connectivity index (χ1v) is 10.1. The highest BCUT2D eigenvalue weighted by atomic mass is 16.2. The highest BCUT2D eigenvalue weighted by Gasteiger charge is 2.20. The second-order valence-corrected chi connectivity index (χ2v) is 7.62. The number of fused-ring (bicyclic) bond motifs is 5. The third-order valence-electron chi connectivity index (χ3n) is 5.80. The van der Waals surface area contributed by atoms with Crippen molar-refractivity contribution in [1.29, 1.82) is 0 Å². The number of benzene rings is 3. The molecule has 0 aliphatic rings. The number of rotatable bonds is 3. The van der Waals surface area contributed by atoms with Gasteiger partial charge in [0.1, 0.15) is 5.69 Å². The Balaban J connectivity index is 1.62. The fraction of sp³-hybridized carbons (Fsp3) is 0.0385. The van der Waals surface area contributed by atoms with Crippen LogP contribution in [0.25, 0.3) is 38.1 Å². The fourth-order valence-electron chi connectivity index (χ4n) is 4.37. The Hall–Kier alpha value is -4.25. The zero-order chi connectivity index (χ0) is 20.9. The first kappa shape index (κ1) is 17.6. The van der Waals surface area contributed by atoms with Crippen LogP contribution in [0.3, 0.4) is 0 Å². The van der Waals surface area contributed by atoms with Gasteiger partial charge >= 0.3 is 0 Å². The highest BCUT2D eigenvalue weighted by molar-refractivity contribution is 6.20. The quantitative estimate of drug-likeness (QED) is 0.442. The Morgan fingerprint density at radius 3 is 2.29 bits per heavy atom. The molecular formula is C26H17N3O2. The first-order chi connectivity index (χ1) is 15.2. The molecule has 0 saturated heterocycles. The molecule has 0 fully saturated rings. The lowest BCUT2D eigenvalue weighted by molar-refractivity contribution is 0.0946. The molecule has 3 aromatic carbocycles. The predicted molar refractivity (Wildman–Crippen MR) is 123 cm³/mol. The van der Waals surface area contributed by atoms with Crippen LogP contribution >= 0.6 is 0 Å². The number of aromatic nitrogens is 2. The van der Waals surface area contributed by atoms with E-state index in [1.807, 2.05) is 78.9 Å². The van der Waals surface area contributed by atoms with Crippen LogP contribution < -0.4 is 10.9 Å². The van der Waals surface area contributed by atoms with E-state index in [9.17, 15) is 9.59 Å². The average molecular weight is 403 g/mol. The maximum Gasteiger partial charge on any atom is 0.270 e. The van der Waals surface area contributed by atoms with Crippen LogP contribution in [0.4, 0.5) is 0 Å². The lowest BCUT2D eigenvalue weighted by Crippen LogP contribution is -2.24. The lowest BCUT2D eigenvalue weighted by Gasteiger charge is -2.09. The van der Waals surface area contributed by atoms with Gasteiger partial charge in [-0.25, -0.2) is 4.98 Å². The summed E-state index contributed by atoms with van der Waals surface area (Å²) in [4.78, 5) is 31.1. The molecule has 5 heteroatoms. The number of carbonyl (C=O) groups excluding carboxylic acids is 1. The minimum Gasteiger partial charge on any atom is -0.347 e. The van der Waals surface area contributed by atoms with Crippen LogP contribution in [0.2, 0.25) is 0 Å². The van der Waals surface area contributed by atoms with Gasteiger partial charge in [0.2, 0.25) is 0 Å². The molecule has 0 saturated carbocycles. The van der Waals surface area contributed by atoms with Crippen molar-refractivity contribution in [1.82, 2.24) is 14.7 Å². The van der Waals surface area contributed by atoms with Crippen LogP contribution in [0.1, 0.15) is 16.1 Å². The van der Waals surface area contributed by atoms with Gasteiger partial charge in [0.15, 0.2) is 0 Å². The number of nitrogens with one attached hydrogen (secondary N) is 1. The number of hydrogen-bond acceptors (Lipinski definition) is 3. The first-order valence-electron chi connectivity index (χ1n) is 10.1. The maximum absolute atomic E-state index is 13.3. The summed E-state index contributed by atoms with van der Waals surface area (Å²) in [7, 11) is 0. The van der Waals surface area contributed by atoms with Crippen molar-refractivity contribution in [2.45, 2.75) is 6.54 Å². The standard InChI is InChI=1S/C26H17N3O2/c30-25(27-15-16-8-2-1-3-9-16)21-14-20-17-10-6-7-13-22(17)29-24(20)23(28-21)18-11-4-5-12-19(18)26(29)31/h1-14H,15H2,(H,27,30). The van der Waals surface area contributed by atoms with E-state index in [4.69, 9.17) is 4.98 Å². The molecule has 6 aromatic rings. The summed E-state index contributed by atoms with van der Waals surface area (Å²) in [5.74, 6) is -0.242. The Morgan fingerprint density at radius 2 is 1.48 bits per heavy atom. The number of pyridine rings is 2. The van der Waals surface area contributed by atoms with Crippen LogP contribution in [0.15, 0.2) is 89.7 Å². The van der Waals surface area contributed by atoms with Crippen molar-refractivity contribution in [3.05, 3.63) is 107 Å². The summed E-state index contributed by atoms with van der Waals surface area (Å²) < 4.78 is 1.72. The molecule has 0 aliphatic carbocycles. The van der Waals surface area contributed by atoms with Gasteiger partial charge in [-0.1, -0.05) is 66.7 Å². The summed E-state index contributed by atoms with van der Waals surface area (Å²) in [6, 6.07) is 26.8. The molecule has 1 amide bonds. The predicted octanol–water partition coefficient (Wildman–Crippen LogP) is 4.52. The van der Waals surface area contributed by atoms with E-state index < -0.39 is 0 Å². The molecule has 0 bridgehead atoms. The van der Waals surface area contributed by atoms with Crippen molar-refractivity contribution in [3.8, 4) is 0 Å². The molecule has 0 aliphatic heterocycles. The Morgan fingerprint density at radius 1 is 0.806 bits per heavy atom. The van der Waals surface area contributed by atoms with Gasteiger partial charge in [-0.3, -0.25) is 14.0 Å². The molecule has 31 heavy (non-hydrogen) atoms. The largest absolute Gasteiger partial charge is 0.347 e. The monoisotopic (exact) mass is 403 g/mol. The minimum absolute atomic E-state index is 0.0719. The molecule has 0 atom stereocenters. The van der Waals surface area contributed by atoms with Crippen LogP contribution in [-0.4, -0.2) is 15.3 Å². The summed E-state index contributed by atoms with van der Waals surface area (Å²) in [5, 5.41) is 6.09. The third kappa shape index (κ3) is 2.60. The zero-order valence-electron chi connectivity index (χ0n) is 16.5. The van der Waals surface area contributed by atoms with E-state index in [0.717, 1.165) is 32.8 Å².